The summed E-state index contributed by atoms with van der Waals surface area (Å²) in [4.78, 5) is 30.6. The molecule has 1 N–H and O–H groups in total. The fourth-order valence-electron chi connectivity index (χ4n) is 2.58. The van der Waals surface area contributed by atoms with E-state index in [0.717, 1.165) is 5.56 Å². The Bertz CT molecular complexity index is 992. The molecule has 0 fully saturated rings. The van der Waals surface area contributed by atoms with Gasteiger partial charge in [-0.1, -0.05) is 0 Å². The number of hydrogen-bond donors (Lipinski definition) is 1. The van der Waals surface area contributed by atoms with Crippen LogP contribution in [0.4, 0.5) is 5.69 Å². The number of aryl methyl sites for hydroxylation is 1. The average molecular weight is 352 g/mol. The smallest absolute Gasteiger partial charge is 0.275 e. The highest BCUT2D eigenvalue weighted by Crippen LogP contribution is 2.26. The van der Waals surface area contributed by atoms with Crippen LogP contribution in [0.2, 0.25) is 0 Å². The molecule has 0 saturated heterocycles. The predicted octanol–water partition coefficient (Wildman–Crippen LogP) is 2.61. The molecule has 134 valence electrons. The first-order chi connectivity index (χ1) is 12.4. The minimum Gasteiger partial charge on any atom is -0.495 e. The molecule has 3 aromatic rings. The van der Waals surface area contributed by atoms with E-state index in [1.165, 1.54) is 12.0 Å². The first kappa shape index (κ1) is 17.5. The Morgan fingerprint density at radius 1 is 1.19 bits per heavy atom. The summed E-state index contributed by atoms with van der Waals surface area (Å²) in [7, 11) is 4.85. The molecule has 0 saturated carbocycles. The Balaban J connectivity index is 1.91. The van der Waals surface area contributed by atoms with Gasteiger partial charge < -0.3 is 19.4 Å². The van der Waals surface area contributed by atoms with Crippen LogP contribution in [-0.4, -0.2) is 47.3 Å². The molecule has 3 rings (SSSR count). The molecule has 2 aromatic heterocycles. The van der Waals surface area contributed by atoms with E-state index in [1.54, 1.807) is 42.9 Å². The fraction of sp³-hybridized carbons (Fsp3) is 0.211. The Morgan fingerprint density at radius 3 is 2.65 bits per heavy atom. The summed E-state index contributed by atoms with van der Waals surface area (Å²) < 4.78 is 7.07. The molecule has 0 unspecified atom stereocenters. The van der Waals surface area contributed by atoms with Crippen molar-refractivity contribution in [3.63, 3.8) is 0 Å². The largest absolute Gasteiger partial charge is 0.495 e. The zero-order chi connectivity index (χ0) is 18.8. The molecule has 2 amide bonds. The van der Waals surface area contributed by atoms with Crippen molar-refractivity contribution in [2.45, 2.75) is 6.92 Å². The SMILES string of the molecule is COc1ccc(C(=O)N(C)C)cc1NC(=O)c1cn2ccc(C)cc2n1. The van der Waals surface area contributed by atoms with Crippen LogP contribution >= 0.6 is 0 Å². The number of carbonyl (C=O) groups is 2. The first-order valence-electron chi connectivity index (χ1n) is 8.05. The van der Waals surface area contributed by atoms with Gasteiger partial charge in [0.05, 0.1) is 12.8 Å². The number of hydrogen-bond acceptors (Lipinski definition) is 4. The van der Waals surface area contributed by atoms with Gasteiger partial charge in [-0.2, -0.15) is 0 Å². The lowest BCUT2D eigenvalue weighted by Gasteiger charge is -2.14. The molecule has 2 heterocycles. The predicted molar refractivity (Wildman–Crippen MR) is 98.9 cm³/mol. The normalized spacial score (nSPS) is 10.6. The van der Waals surface area contributed by atoms with Gasteiger partial charge in [0.1, 0.15) is 17.1 Å². The maximum Gasteiger partial charge on any atom is 0.275 e. The highest BCUT2D eigenvalue weighted by atomic mass is 16.5. The molecular weight excluding hydrogens is 332 g/mol. The Hall–Kier alpha value is -3.35. The van der Waals surface area contributed by atoms with Crippen LogP contribution in [0.25, 0.3) is 5.65 Å². The third-order valence-electron chi connectivity index (χ3n) is 3.95. The molecule has 26 heavy (non-hydrogen) atoms. The van der Waals surface area contributed by atoms with Gasteiger partial charge in [-0.25, -0.2) is 4.98 Å². The molecule has 0 bridgehead atoms. The van der Waals surface area contributed by atoms with Crippen molar-refractivity contribution in [1.82, 2.24) is 14.3 Å². The van der Waals surface area contributed by atoms with Crippen LogP contribution in [0.1, 0.15) is 26.4 Å². The van der Waals surface area contributed by atoms with Crippen LogP contribution in [0.15, 0.2) is 42.7 Å². The monoisotopic (exact) mass is 352 g/mol. The minimum atomic E-state index is -0.376. The van der Waals surface area contributed by atoms with Crippen molar-refractivity contribution in [3.8, 4) is 5.75 Å². The van der Waals surface area contributed by atoms with Crippen molar-refractivity contribution >= 4 is 23.1 Å². The van der Waals surface area contributed by atoms with Crippen LogP contribution in [0.3, 0.4) is 0 Å². The quantitative estimate of drug-likeness (QED) is 0.783. The summed E-state index contributed by atoms with van der Waals surface area (Å²) >= 11 is 0. The van der Waals surface area contributed by atoms with E-state index < -0.39 is 0 Å². The van der Waals surface area contributed by atoms with Crippen LogP contribution < -0.4 is 10.1 Å². The van der Waals surface area contributed by atoms with E-state index in [2.05, 4.69) is 10.3 Å². The molecule has 0 aliphatic heterocycles. The fourth-order valence-corrected chi connectivity index (χ4v) is 2.58. The maximum atomic E-state index is 12.6. The number of methoxy groups -OCH3 is 1. The molecule has 0 radical (unpaired) electrons. The number of pyridine rings is 1. The molecule has 0 atom stereocenters. The van der Waals surface area contributed by atoms with E-state index in [-0.39, 0.29) is 17.5 Å². The highest BCUT2D eigenvalue weighted by Gasteiger charge is 2.16. The summed E-state index contributed by atoms with van der Waals surface area (Å²) in [5.41, 5.74) is 2.91. The van der Waals surface area contributed by atoms with Gasteiger partial charge in [0.25, 0.3) is 11.8 Å². The van der Waals surface area contributed by atoms with E-state index in [9.17, 15) is 9.59 Å². The summed E-state index contributed by atoms with van der Waals surface area (Å²) in [6.45, 7) is 1.96. The highest BCUT2D eigenvalue weighted by molar-refractivity contribution is 6.05. The zero-order valence-corrected chi connectivity index (χ0v) is 15.1. The van der Waals surface area contributed by atoms with E-state index in [4.69, 9.17) is 4.74 Å². The minimum absolute atomic E-state index is 0.161. The van der Waals surface area contributed by atoms with Crippen molar-refractivity contribution in [2.75, 3.05) is 26.5 Å². The summed E-state index contributed by atoms with van der Waals surface area (Å²) in [6.07, 6.45) is 3.51. The van der Waals surface area contributed by atoms with Gasteiger partial charge in [0, 0.05) is 32.1 Å². The summed E-state index contributed by atoms with van der Waals surface area (Å²) in [5, 5.41) is 2.78. The molecule has 0 aliphatic carbocycles. The van der Waals surface area contributed by atoms with Gasteiger partial charge in [0.15, 0.2) is 0 Å². The van der Waals surface area contributed by atoms with E-state index in [0.29, 0.717) is 22.6 Å². The summed E-state index contributed by atoms with van der Waals surface area (Å²) in [5.74, 6) is -0.0706. The lowest BCUT2D eigenvalue weighted by atomic mass is 10.1. The second-order valence-electron chi connectivity index (χ2n) is 6.16. The van der Waals surface area contributed by atoms with Gasteiger partial charge in [0.2, 0.25) is 0 Å². The van der Waals surface area contributed by atoms with Crippen molar-refractivity contribution < 1.29 is 14.3 Å². The number of benzene rings is 1. The maximum absolute atomic E-state index is 12.6. The van der Waals surface area contributed by atoms with Crippen molar-refractivity contribution in [3.05, 3.63) is 59.5 Å². The number of fused-ring (bicyclic) bond motifs is 1. The van der Waals surface area contributed by atoms with Crippen molar-refractivity contribution in [1.29, 1.82) is 0 Å². The number of aromatic nitrogens is 2. The molecule has 7 nitrogen and oxygen atoms in total. The second-order valence-corrected chi connectivity index (χ2v) is 6.16. The zero-order valence-electron chi connectivity index (χ0n) is 15.1. The third kappa shape index (κ3) is 3.37. The molecule has 7 heteroatoms. The number of imidazole rings is 1. The lowest BCUT2D eigenvalue weighted by Crippen LogP contribution is -2.22. The Labute approximate surface area is 151 Å². The van der Waals surface area contributed by atoms with Crippen molar-refractivity contribution in [2.24, 2.45) is 0 Å². The van der Waals surface area contributed by atoms with Crippen LogP contribution in [0, 0.1) is 6.92 Å². The Kier molecular flexibility index (Phi) is 4.62. The average Bonchev–Trinajstić information content (AvgIpc) is 3.04. The summed E-state index contributed by atoms with van der Waals surface area (Å²) in [6, 6.07) is 8.74. The number of ether oxygens (including phenoxy) is 1. The molecule has 0 spiro atoms. The number of anilines is 1. The van der Waals surface area contributed by atoms with E-state index >= 15 is 0 Å². The third-order valence-corrected chi connectivity index (χ3v) is 3.95. The topological polar surface area (TPSA) is 75.9 Å². The van der Waals surface area contributed by atoms with Gasteiger partial charge >= 0.3 is 0 Å². The van der Waals surface area contributed by atoms with Gasteiger partial charge in [-0.05, 0) is 42.8 Å². The second kappa shape index (κ2) is 6.87. The standard InChI is InChI=1S/C19H20N4O3/c1-12-7-8-23-11-15(20-17(23)9-12)18(24)21-14-10-13(19(25)22(2)3)5-6-16(14)26-4/h5-11H,1-4H3,(H,21,24). The van der Waals surface area contributed by atoms with Crippen LogP contribution in [-0.2, 0) is 0 Å². The molecular formula is C19H20N4O3. The number of rotatable bonds is 4. The van der Waals surface area contributed by atoms with Gasteiger partial charge in [-0.3, -0.25) is 9.59 Å². The number of amides is 2. The van der Waals surface area contributed by atoms with Gasteiger partial charge in [-0.15, -0.1) is 0 Å². The molecule has 0 aliphatic rings. The number of carbonyl (C=O) groups excluding carboxylic acids is 2. The Morgan fingerprint density at radius 2 is 1.96 bits per heavy atom. The number of nitrogens with one attached hydrogen (secondary N) is 1. The lowest BCUT2D eigenvalue weighted by molar-refractivity contribution is 0.0827. The van der Waals surface area contributed by atoms with E-state index in [1.807, 2.05) is 25.3 Å². The molecule has 1 aromatic carbocycles. The first-order valence-corrected chi connectivity index (χ1v) is 8.05. The van der Waals surface area contributed by atoms with Crippen LogP contribution in [0.5, 0.6) is 5.75 Å². The number of nitrogens with zero attached hydrogens (tertiary/aromatic N) is 3.